The standard InChI is InChI=1S/C11H24N4O.HI/c1-5-6-14-10(12)15-8-7-13-9(16)11(2,3)4;/h5-8H2,1-4H3,(H,13,16)(H3,12,14,15);1H. The highest BCUT2D eigenvalue weighted by atomic mass is 127. The maximum absolute atomic E-state index is 11.5. The Morgan fingerprint density at radius 3 is 2.24 bits per heavy atom. The Balaban J connectivity index is 0. The summed E-state index contributed by atoms with van der Waals surface area (Å²) in [5, 5.41) is 5.76. The van der Waals surface area contributed by atoms with Gasteiger partial charge in [-0.25, -0.2) is 0 Å². The van der Waals surface area contributed by atoms with Gasteiger partial charge in [-0.05, 0) is 6.42 Å². The molecule has 0 aliphatic heterocycles. The molecular weight excluding hydrogens is 331 g/mol. The van der Waals surface area contributed by atoms with Gasteiger partial charge in [-0.1, -0.05) is 27.7 Å². The van der Waals surface area contributed by atoms with Crippen molar-refractivity contribution in [2.45, 2.75) is 34.1 Å². The van der Waals surface area contributed by atoms with Crippen LogP contribution in [0.3, 0.4) is 0 Å². The molecule has 0 atom stereocenters. The Kier molecular flexibility index (Phi) is 10.5. The first-order chi connectivity index (χ1) is 7.38. The quantitative estimate of drug-likeness (QED) is 0.299. The average Bonchev–Trinajstić information content (AvgIpc) is 2.19. The van der Waals surface area contributed by atoms with Gasteiger partial charge in [0.15, 0.2) is 5.96 Å². The zero-order valence-corrected chi connectivity index (χ0v) is 13.5. The minimum absolute atomic E-state index is 0. The van der Waals surface area contributed by atoms with E-state index in [1.807, 2.05) is 27.7 Å². The van der Waals surface area contributed by atoms with E-state index in [1.54, 1.807) is 0 Å². The van der Waals surface area contributed by atoms with Gasteiger partial charge >= 0.3 is 0 Å². The number of aliphatic imine (C=N–C) groups is 1. The maximum Gasteiger partial charge on any atom is 0.225 e. The lowest BCUT2D eigenvalue weighted by Gasteiger charge is -2.17. The number of carbonyl (C=O) groups excluding carboxylic acids is 1. The number of hydrogen-bond acceptors (Lipinski definition) is 2. The van der Waals surface area contributed by atoms with E-state index in [4.69, 9.17) is 5.73 Å². The number of hydrogen-bond donors (Lipinski definition) is 3. The fourth-order valence-electron chi connectivity index (χ4n) is 0.920. The summed E-state index contributed by atoms with van der Waals surface area (Å²) in [6.45, 7) is 9.57. The minimum atomic E-state index is -0.345. The van der Waals surface area contributed by atoms with Crippen LogP contribution in [0, 0.1) is 5.41 Å². The Bertz CT molecular complexity index is 248. The third-order valence-electron chi connectivity index (χ3n) is 1.90. The number of nitrogens with one attached hydrogen (secondary N) is 2. The van der Waals surface area contributed by atoms with Crippen molar-refractivity contribution in [3.05, 3.63) is 0 Å². The lowest BCUT2D eigenvalue weighted by Crippen LogP contribution is -2.41. The molecule has 0 saturated heterocycles. The van der Waals surface area contributed by atoms with Crippen molar-refractivity contribution >= 4 is 35.8 Å². The highest BCUT2D eigenvalue weighted by Crippen LogP contribution is 2.11. The summed E-state index contributed by atoms with van der Waals surface area (Å²) in [5.74, 6) is 0.477. The summed E-state index contributed by atoms with van der Waals surface area (Å²) in [5.41, 5.74) is 5.24. The van der Waals surface area contributed by atoms with Gasteiger partial charge in [0.2, 0.25) is 5.91 Å². The Morgan fingerprint density at radius 1 is 1.24 bits per heavy atom. The van der Waals surface area contributed by atoms with Crippen LogP contribution in [0.2, 0.25) is 0 Å². The van der Waals surface area contributed by atoms with E-state index >= 15 is 0 Å². The third-order valence-corrected chi connectivity index (χ3v) is 1.90. The van der Waals surface area contributed by atoms with Gasteiger partial charge in [0, 0.05) is 25.0 Å². The number of nitrogens with two attached hydrogens (primary N) is 1. The minimum Gasteiger partial charge on any atom is -0.370 e. The normalized spacial score (nSPS) is 11.6. The van der Waals surface area contributed by atoms with Crippen molar-refractivity contribution < 1.29 is 4.79 Å². The zero-order valence-electron chi connectivity index (χ0n) is 11.2. The van der Waals surface area contributed by atoms with Crippen LogP contribution >= 0.6 is 24.0 Å². The molecule has 5 nitrogen and oxygen atoms in total. The second-order valence-corrected chi connectivity index (χ2v) is 4.70. The fourth-order valence-corrected chi connectivity index (χ4v) is 0.920. The highest BCUT2D eigenvalue weighted by molar-refractivity contribution is 14.0. The van der Waals surface area contributed by atoms with Crippen LogP contribution < -0.4 is 16.4 Å². The summed E-state index contributed by atoms with van der Waals surface area (Å²) in [7, 11) is 0. The number of rotatable bonds is 5. The van der Waals surface area contributed by atoms with E-state index in [0.717, 1.165) is 13.0 Å². The van der Waals surface area contributed by atoms with Crippen molar-refractivity contribution in [3.8, 4) is 0 Å². The number of amides is 1. The van der Waals surface area contributed by atoms with E-state index < -0.39 is 0 Å². The lowest BCUT2D eigenvalue weighted by molar-refractivity contribution is -0.128. The molecule has 0 aliphatic rings. The molecule has 4 N–H and O–H groups in total. The molecule has 0 aromatic rings. The molecule has 0 radical (unpaired) electrons. The van der Waals surface area contributed by atoms with Crippen molar-refractivity contribution in [3.63, 3.8) is 0 Å². The first kappa shape index (κ1) is 18.8. The van der Waals surface area contributed by atoms with Crippen LogP contribution in [-0.2, 0) is 4.79 Å². The van der Waals surface area contributed by atoms with Crippen LogP contribution in [0.15, 0.2) is 4.99 Å². The number of halogens is 1. The second kappa shape index (κ2) is 9.49. The molecule has 0 saturated carbocycles. The molecule has 1 amide bonds. The third kappa shape index (κ3) is 10.3. The van der Waals surface area contributed by atoms with Gasteiger partial charge in [0.1, 0.15) is 0 Å². The summed E-state index contributed by atoms with van der Waals surface area (Å²) in [6.07, 6.45) is 0.975. The van der Waals surface area contributed by atoms with Gasteiger partial charge in [-0.3, -0.25) is 9.79 Å². The molecule has 17 heavy (non-hydrogen) atoms. The molecule has 0 bridgehead atoms. The molecule has 6 heteroatoms. The van der Waals surface area contributed by atoms with Gasteiger partial charge in [0.25, 0.3) is 0 Å². The molecule has 0 rings (SSSR count). The van der Waals surface area contributed by atoms with E-state index in [-0.39, 0.29) is 35.3 Å². The Morgan fingerprint density at radius 2 is 1.76 bits per heavy atom. The Hall–Kier alpha value is -0.530. The van der Waals surface area contributed by atoms with E-state index in [2.05, 4.69) is 15.6 Å². The average molecular weight is 356 g/mol. The van der Waals surface area contributed by atoms with Crippen LogP contribution in [0.4, 0.5) is 0 Å². The molecule has 0 aromatic carbocycles. The number of carbonyl (C=O) groups is 1. The van der Waals surface area contributed by atoms with Crippen molar-refractivity contribution in [1.82, 2.24) is 10.6 Å². The largest absolute Gasteiger partial charge is 0.370 e. The molecule has 0 spiro atoms. The smallest absolute Gasteiger partial charge is 0.225 e. The molecule has 0 aliphatic carbocycles. The van der Waals surface area contributed by atoms with Crippen LogP contribution in [0.25, 0.3) is 0 Å². The SMILES string of the molecule is CCCN=C(N)NCCNC(=O)C(C)(C)C.I. The summed E-state index contributed by atoms with van der Waals surface area (Å²) < 4.78 is 0. The van der Waals surface area contributed by atoms with Crippen LogP contribution in [-0.4, -0.2) is 31.5 Å². The molecule has 0 fully saturated rings. The lowest BCUT2D eigenvalue weighted by atomic mass is 9.96. The van der Waals surface area contributed by atoms with Crippen LogP contribution in [0.5, 0.6) is 0 Å². The summed E-state index contributed by atoms with van der Waals surface area (Å²) in [4.78, 5) is 15.6. The van der Waals surface area contributed by atoms with E-state index in [9.17, 15) is 4.79 Å². The topological polar surface area (TPSA) is 79.5 Å². The van der Waals surface area contributed by atoms with Gasteiger partial charge in [-0.15, -0.1) is 24.0 Å². The predicted octanol–water partition coefficient (Wildman–Crippen LogP) is 1.08. The molecular formula is C11H25IN4O. The summed E-state index contributed by atoms with van der Waals surface area (Å²) in [6, 6.07) is 0. The van der Waals surface area contributed by atoms with Crippen molar-refractivity contribution in [1.29, 1.82) is 0 Å². The molecule has 102 valence electrons. The molecule has 0 aromatic heterocycles. The first-order valence-corrected chi connectivity index (χ1v) is 5.70. The molecule has 0 heterocycles. The molecule has 0 unspecified atom stereocenters. The predicted molar refractivity (Wildman–Crippen MR) is 82.7 cm³/mol. The van der Waals surface area contributed by atoms with Gasteiger partial charge in [-0.2, -0.15) is 0 Å². The maximum atomic E-state index is 11.5. The number of nitrogens with zero attached hydrogens (tertiary/aromatic N) is 1. The zero-order chi connectivity index (χ0) is 12.6. The monoisotopic (exact) mass is 356 g/mol. The van der Waals surface area contributed by atoms with Gasteiger partial charge < -0.3 is 16.4 Å². The van der Waals surface area contributed by atoms with Gasteiger partial charge in [0.05, 0.1) is 0 Å². The number of guanidine groups is 1. The van der Waals surface area contributed by atoms with Crippen LogP contribution in [0.1, 0.15) is 34.1 Å². The van der Waals surface area contributed by atoms with E-state index in [1.165, 1.54) is 0 Å². The van der Waals surface area contributed by atoms with Crippen molar-refractivity contribution in [2.75, 3.05) is 19.6 Å². The first-order valence-electron chi connectivity index (χ1n) is 5.70. The summed E-state index contributed by atoms with van der Waals surface area (Å²) >= 11 is 0. The second-order valence-electron chi connectivity index (χ2n) is 4.70. The highest BCUT2D eigenvalue weighted by Gasteiger charge is 2.19. The Labute approximate surface area is 121 Å². The van der Waals surface area contributed by atoms with E-state index in [0.29, 0.717) is 19.0 Å². The van der Waals surface area contributed by atoms with Crippen molar-refractivity contribution in [2.24, 2.45) is 16.1 Å². The fraction of sp³-hybridized carbons (Fsp3) is 0.818.